The monoisotopic (exact) mass is 334 g/mol. The third kappa shape index (κ3) is 4.79. The van der Waals surface area contributed by atoms with Crippen LogP contribution in [0.4, 0.5) is 0 Å². The SMILES string of the molecule is COC(=O)C1CN(C(C)=O)CCN1CC(=O)OCc1ccccc1. The van der Waals surface area contributed by atoms with Crippen LogP contribution in [-0.2, 0) is 30.5 Å². The molecule has 0 bridgehead atoms. The van der Waals surface area contributed by atoms with Gasteiger partial charge in [0.25, 0.3) is 0 Å². The van der Waals surface area contributed by atoms with Gasteiger partial charge in [0.2, 0.25) is 5.91 Å². The standard InChI is InChI=1S/C17H22N2O5/c1-13(20)18-8-9-19(15(10-18)17(22)23-2)11-16(21)24-12-14-6-4-3-5-7-14/h3-7,15H,8-12H2,1-2H3. The molecule has 1 aliphatic rings. The normalized spacial score (nSPS) is 18.1. The van der Waals surface area contributed by atoms with Crippen LogP contribution in [0.1, 0.15) is 12.5 Å². The molecule has 7 heteroatoms. The average molecular weight is 334 g/mol. The lowest BCUT2D eigenvalue weighted by molar-refractivity contribution is -0.155. The van der Waals surface area contributed by atoms with E-state index >= 15 is 0 Å². The van der Waals surface area contributed by atoms with E-state index in [9.17, 15) is 14.4 Å². The smallest absolute Gasteiger partial charge is 0.324 e. The fraction of sp³-hybridized carbons (Fsp3) is 0.471. The number of hydrogen-bond acceptors (Lipinski definition) is 6. The van der Waals surface area contributed by atoms with Gasteiger partial charge in [-0.15, -0.1) is 0 Å². The van der Waals surface area contributed by atoms with E-state index in [1.165, 1.54) is 14.0 Å². The first-order valence-electron chi connectivity index (χ1n) is 7.78. The molecule has 130 valence electrons. The molecule has 0 spiro atoms. The lowest BCUT2D eigenvalue weighted by atomic mass is 10.1. The minimum Gasteiger partial charge on any atom is -0.468 e. The summed E-state index contributed by atoms with van der Waals surface area (Å²) in [6, 6.07) is 8.72. The third-order valence-corrected chi connectivity index (χ3v) is 3.98. The molecule has 1 atom stereocenters. The van der Waals surface area contributed by atoms with Crippen molar-refractivity contribution in [1.82, 2.24) is 9.80 Å². The number of ether oxygens (including phenoxy) is 2. The van der Waals surface area contributed by atoms with Gasteiger partial charge in [0, 0.05) is 26.6 Å². The van der Waals surface area contributed by atoms with E-state index in [1.54, 1.807) is 9.80 Å². The van der Waals surface area contributed by atoms with Crippen molar-refractivity contribution in [3.8, 4) is 0 Å². The molecule has 1 aromatic carbocycles. The first-order chi connectivity index (χ1) is 11.5. The van der Waals surface area contributed by atoms with Gasteiger partial charge >= 0.3 is 11.9 Å². The molecule has 1 saturated heterocycles. The molecule has 0 aromatic heterocycles. The van der Waals surface area contributed by atoms with Crippen molar-refractivity contribution in [2.75, 3.05) is 33.3 Å². The van der Waals surface area contributed by atoms with E-state index in [1.807, 2.05) is 30.3 Å². The van der Waals surface area contributed by atoms with Crippen molar-refractivity contribution in [3.05, 3.63) is 35.9 Å². The number of esters is 2. The largest absolute Gasteiger partial charge is 0.468 e. The van der Waals surface area contributed by atoms with Gasteiger partial charge in [-0.2, -0.15) is 0 Å². The number of piperazine rings is 1. The first kappa shape index (κ1) is 17.9. The highest BCUT2D eigenvalue weighted by Crippen LogP contribution is 2.12. The van der Waals surface area contributed by atoms with Crippen LogP contribution in [-0.4, -0.2) is 67.0 Å². The number of nitrogens with zero attached hydrogens (tertiary/aromatic N) is 2. The maximum Gasteiger partial charge on any atom is 0.324 e. The Hall–Kier alpha value is -2.41. The molecule has 1 aliphatic heterocycles. The highest BCUT2D eigenvalue weighted by molar-refractivity contribution is 5.80. The molecular formula is C17H22N2O5. The Labute approximate surface area is 141 Å². The number of benzene rings is 1. The summed E-state index contributed by atoms with van der Waals surface area (Å²) in [5.41, 5.74) is 0.900. The Morgan fingerprint density at radius 2 is 1.88 bits per heavy atom. The number of amides is 1. The predicted octanol–water partition coefficient (Wildman–Crippen LogP) is 0.436. The van der Waals surface area contributed by atoms with E-state index in [-0.39, 0.29) is 25.6 Å². The summed E-state index contributed by atoms with van der Waals surface area (Å²) in [6.07, 6.45) is 0. The third-order valence-electron chi connectivity index (χ3n) is 3.98. The van der Waals surface area contributed by atoms with E-state index < -0.39 is 18.0 Å². The topological polar surface area (TPSA) is 76.2 Å². The van der Waals surface area contributed by atoms with Crippen LogP contribution >= 0.6 is 0 Å². The highest BCUT2D eigenvalue weighted by Gasteiger charge is 2.35. The molecule has 0 saturated carbocycles. The quantitative estimate of drug-likeness (QED) is 0.727. The van der Waals surface area contributed by atoms with Crippen LogP contribution in [0.2, 0.25) is 0 Å². The van der Waals surface area contributed by atoms with Crippen molar-refractivity contribution >= 4 is 17.8 Å². The van der Waals surface area contributed by atoms with Gasteiger partial charge in [-0.1, -0.05) is 30.3 Å². The van der Waals surface area contributed by atoms with Crippen LogP contribution in [0.5, 0.6) is 0 Å². The predicted molar refractivity (Wildman–Crippen MR) is 85.9 cm³/mol. The van der Waals surface area contributed by atoms with Crippen LogP contribution in [0.25, 0.3) is 0 Å². The summed E-state index contributed by atoms with van der Waals surface area (Å²) >= 11 is 0. The van der Waals surface area contributed by atoms with Crippen molar-refractivity contribution in [2.45, 2.75) is 19.6 Å². The van der Waals surface area contributed by atoms with Crippen molar-refractivity contribution in [3.63, 3.8) is 0 Å². The minimum atomic E-state index is -0.656. The molecular weight excluding hydrogens is 312 g/mol. The molecule has 1 aromatic rings. The Kier molecular flexibility index (Phi) is 6.31. The van der Waals surface area contributed by atoms with E-state index in [0.29, 0.717) is 13.1 Å². The zero-order chi connectivity index (χ0) is 17.5. The van der Waals surface area contributed by atoms with Crippen LogP contribution < -0.4 is 0 Å². The number of hydrogen-bond donors (Lipinski definition) is 0. The summed E-state index contributed by atoms with van der Waals surface area (Å²) in [5.74, 6) is -0.976. The summed E-state index contributed by atoms with van der Waals surface area (Å²) in [6.45, 7) is 2.73. The summed E-state index contributed by atoms with van der Waals surface area (Å²) in [5, 5.41) is 0. The molecule has 1 fully saturated rings. The maximum atomic E-state index is 12.1. The van der Waals surface area contributed by atoms with Crippen LogP contribution in [0.15, 0.2) is 30.3 Å². The second-order valence-corrected chi connectivity index (χ2v) is 5.62. The number of carbonyl (C=O) groups is 3. The molecule has 0 aliphatic carbocycles. The molecule has 0 radical (unpaired) electrons. The van der Waals surface area contributed by atoms with Crippen molar-refractivity contribution in [1.29, 1.82) is 0 Å². The highest BCUT2D eigenvalue weighted by atomic mass is 16.5. The van der Waals surface area contributed by atoms with Gasteiger partial charge in [0.15, 0.2) is 0 Å². The summed E-state index contributed by atoms with van der Waals surface area (Å²) < 4.78 is 10.0. The number of carbonyl (C=O) groups excluding carboxylic acids is 3. The molecule has 1 unspecified atom stereocenters. The van der Waals surface area contributed by atoms with Gasteiger partial charge in [-0.05, 0) is 5.56 Å². The van der Waals surface area contributed by atoms with Crippen LogP contribution in [0.3, 0.4) is 0 Å². The maximum absolute atomic E-state index is 12.1. The Bertz CT molecular complexity index is 590. The molecule has 0 N–H and O–H groups in total. The lowest BCUT2D eigenvalue weighted by Gasteiger charge is -2.38. The molecule has 1 heterocycles. The van der Waals surface area contributed by atoms with Crippen molar-refractivity contribution in [2.24, 2.45) is 0 Å². The van der Waals surface area contributed by atoms with Gasteiger partial charge in [0.05, 0.1) is 13.7 Å². The zero-order valence-electron chi connectivity index (χ0n) is 13.9. The fourth-order valence-corrected chi connectivity index (χ4v) is 2.60. The first-order valence-corrected chi connectivity index (χ1v) is 7.78. The average Bonchev–Trinajstić information content (AvgIpc) is 2.60. The van der Waals surface area contributed by atoms with Gasteiger partial charge in [0.1, 0.15) is 12.6 Å². The van der Waals surface area contributed by atoms with Gasteiger partial charge < -0.3 is 14.4 Å². The Morgan fingerprint density at radius 1 is 1.17 bits per heavy atom. The lowest BCUT2D eigenvalue weighted by Crippen LogP contribution is -2.58. The number of methoxy groups -OCH3 is 1. The summed E-state index contributed by atoms with van der Waals surface area (Å²) in [4.78, 5) is 38.8. The number of rotatable bonds is 5. The molecule has 2 rings (SSSR count). The minimum absolute atomic E-state index is 0.0155. The van der Waals surface area contributed by atoms with E-state index in [0.717, 1.165) is 5.56 Å². The molecule has 7 nitrogen and oxygen atoms in total. The van der Waals surface area contributed by atoms with Gasteiger partial charge in [-0.3, -0.25) is 19.3 Å². The fourth-order valence-electron chi connectivity index (χ4n) is 2.60. The zero-order valence-corrected chi connectivity index (χ0v) is 13.9. The van der Waals surface area contributed by atoms with Gasteiger partial charge in [-0.25, -0.2) is 0 Å². The van der Waals surface area contributed by atoms with E-state index in [4.69, 9.17) is 9.47 Å². The molecule has 1 amide bonds. The Morgan fingerprint density at radius 3 is 2.50 bits per heavy atom. The second kappa shape index (κ2) is 8.44. The van der Waals surface area contributed by atoms with E-state index in [2.05, 4.69) is 0 Å². The molecule has 24 heavy (non-hydrogen) atoms. The Balaban J connectivity index is 1.92. The van der Waals surface area contributed by atoms with Crippen LogP contribution in [0, 0.1) is 0 Å². The second-order valence-electron chi connectivity index (χ2n) is 5.62. The summed E-state index contributed by atoms with van der Waals surface area (Å²) in [7, 11) is 1.29. The van der Waals surface area contributed by atoms with Crippen molar-refractivity contribution < 1.29 is 23.9 Å².